The van der Waals surface area contributed by atoms with Crippen LogP contribution in [0.2, 0.25) is 0 Å². The van der Waals surface area contributed by atoms with Gasteiger partial charge < -0.3 is 40.9 Å². The Morgan fingerprint density at radius 2 is 1.56 bits per heavy atom. The van der Waals surface area contributed by atoms with E-state index in [0.717, 1.165) is 54.8 Å². The van der Waals surface area contributed by atoms with Crippen molar-refractivity contribution in [2.75, 3.05) is 46.2 Å². The van der Waals surface area contributed by atoms with Crippen LogP contribution < -0.4 is 17.2 Å². The van der Waals surface area contributed by atoms with Crippen molar-refractivity contribution in [3.05, 3.63) is 11.6 Å². The number of nitrogens with two attached hydrogens (primary N) is 3. The number of hydrogen-bond donors (Lipinski definition) is 3. The number of amidine groups is 1. The Kier molecular flexibility index (Phi) is 17.0. The molecule has 4 aliphatic carbocycles. The molecule has 12 heteroatoms. The number of ether oxygens (including phenoxy) is 5. The summed E-state index contributed by atoms with van der Waals surface area (Å²) in [5.41, 5.74) is 18.5. The van der Waals surface area contributed by atoms with Crippen LogP contribution in [0.1, 0.15) is 125 Å². The summed E-state index contributed by atoms with van der Waals surface area (Å²) in [6.07, 6.45) is 16.3. The maximum atomic E-state index is 12.6. The first-order valence-electron chi connectivity index (χ1n) is 20.9. The second-order valence-corrected chi connectivity index (χ2v) is 17.5. The quantitative estimate of drug-likeness (QED) is 0.0365. The molecule has 4 rings (SSSR count). The maximum absolute atomic E-state index is 12.6. The largest absolute Gasteiger partial charge is 0.508 e. The molecule has 0 spiro atoms. The Hall–Kier alpha value is -2.86. The fraction of sp³-hybridized carbons (Fsp3) is 0.857. The van der Waals surface area contributed by atoms with E-state index in [0.29, 0.717) is 43.9 Å². The Balaban J connectivity index is 1.09. The third-order valence-corrected chi connectivity index (χ3v) is 13.4. The zero-order valence-corrected chi connectivity index (χ0v) is 34.3. The van der Waals surface area contributed by atoms with E-state index in [1.54, 1.807) is 6.92 Å². The molecule has 0 radical (unpaired) electrons. The van der Waals surface area contributed by atoms with Gasteiger partial charge in [-0.25, -0.2) is 9.59 Å². The average Bonchev–Trinajstić information content (AvgIpc) is 3.47. The van der Waals surface area contributed by atoms with Gasteiger partial charge in [-0.3, -0.25) is 9.98 Å². The van der Waals surface area contributed by atoms with E-state index in [9.17, 15) is 9.59 Å². The second-order valence-electron chi connectivity index (χ2n) is 17.5. The summed E-state index contributed by atoms with van der Waals surface area (Å²) in [6, 6.07) is -0.721. The normalized spacial score (nSPS) is 30.3. The van der Waals surface area contributed by atoms with Gasteiger partial charge in [-0.1, -0.05) is 65.5 Å². The maximum Gasteiger partial charge on any atom is 0.508 e. The van der Waals surface area contributed by atoms with Gasteiger partial charge in [0, 0.05) is 13.0 Å². The molecular weight excluding hydrogens is 686 g/mol. The summed E-state index contributed by atoms with van der Waals surface area (Å²) >= 11 is 0. The number of aliphatic imine (C=N–C) groups is 2. The minimum atomic E-state index is -0.721. The van der Waals surface area contributed by atoms with Crippen molar-refractivity contribution in [2.24, 2.45) is 73.5 Å². The summed E-state index contributed by atoms with van der Waals surface area (Å²) < 4.78 is 27.5. The van der Waals surface area contributed by atoms with Crippen molar-refractivity contribution in [1.29, 1.82) is 0 Å². The number of nitrogens with zero attached hydrogens (tertiary/aromatic N) is 2. The van der Waals surface area contributed by atoms with Crippen LogP contribution in [0.4, 0.5) is 4.79 Å². The van der Waals surface area contributed by atoms with Crippen LogP contribution in [0.15, 0.2) is 21.6 Å². The highest BCUT2D eigenvalue weighted by molar-refractivity contribution is 5.83. The summed E-state index contributed by atoms with van der Waals surface area (Å²) in [5.74, 6) is 4.67. The van der Waals surface area contributed by atoms with Crippen molar-refractivity contribution in [3.63, 3.8) is 0 Å². The average molecular weight is 760 g/mol. The third-order valence-electron chi connectivity index (χ3n) is 13.4. The second kappa shape index (κ2) is 20.9. The number of carbonyl (C=O) groups excluding carboxylic acids is 2. The molecule has 0 heterocycles. The van der Waals surface area contributed by atoms with Gasteiger partial charge in [0.1, 0.15) is 25.4 Å². The highest BCUT2D eigenvalue weighted by Gasteiger charge is 2.59. The van der Waals surface area contributed by atoms with Crippen LogP contribution in [0, 0.1) is 46.3 Å². The molecule has 0 aromatic rings. The van der Waals surface area contributed by atoms with Crippen molar-refractivity contribution < 1.29 is 33.3 Å². The summed E-state index contributed by atoms with van der Waals surface area (Å²) in [7, 11) is 0. The van der Waals surface area contributed by atoms with E-state index in [1.165, 1.54) is 56.9 Å². The monoisotopic (exact) mass is 760 g/mol. The van der Waals surface area contributed by atoms with E-state index in [4.69, 9.17) is 40.9 Å². The summed E-state index contributed by atoms with van der Waals surface area (Å²) in [6.45, 7) is 15.7. The lowest BCUT2D eigenvalue weighted by Crippen LogP contribution is -2.51. The predicted octanol–water partition coefficient (Wildman–Crippen LogP) is 6.93. The molecular formula is C42H73N5O7. The van der Waals surface area contributed by atoms with Gasteiger partial charge in [-0.2, -0.15) is 0 Å². The Labute approximate surface area is 325 Å². The van der Waals surface area contributed by atoms with Gasteiger partial charge in [0.25, 0.3) is 0 Å². The summed E-state index contributed by atoms with van der Waals surface area (Å²) in [4.78, 5) is 33.1. The zero-order valence-electron chi connectivity index (χ0n) is 34.3. The van der Waals surface area contributed by atoms with Gasteiger partial charge in [0.2, 0.25) is 0 Å². The van der Waals surface area contributed by atoms with Gasteiger partial charge in [-0.15, -0.1) is 0 Å². The van der Waals surface area contributed by atoms with Crippen LogP contribution in [-0.2, 0) is 28.5 Å². The van der Waals surface area contributed by atoms with Crippen LogP contribution in [0.25, 0.3) is 0 Å². The first kappa shape index (κ1) is 43.9. The fourth-order valence-corrected chi connectivity index (χ4v) is 10.7. The molecule has 9 unspecified atom stereocenters. The fourth-order valence-electron chi connectivity index (χ4n) is 10.7. The number of guanidine groups is 1. The molecule has 0 amide bonds. The minimum absolute atomic E-state index is 0.00118. The Morgan fingerprint density at radius 3 is 2.24 bits per heavy atom. The van der Waals surface area contributed by atoms with Crippen LogP contribution in [-0.4, -0.2) is 82.3 Å². The first-order chi connectivity index (χ1) is 25.7. The molecule has 9 atom stereocenters. The molecule has 0 bridgehead atoms. The Morgan fingerprint density at radius 1 is 0.852 bits per heavy atom. The molecule has 54 heavy (non-hydrogen) atoms. The molecule has 308 valence electrons. The van der Waals surface area contributed by atoms with Crippen molar-refractivity contribution in [3.8, 4) is 0 Å². The molecule has 3 saturated carbocycles. The highest BCUT2D eigenvalue weighted by atomic mass is 16.7. The molecule has 0 aliphatic heterocycles. The van der Waals surface area contributed by atoms with Crippen LogP contribution >= 0.6 is 0 Å². The highest BCUT2D eigenvalue weighted by Crippen LogP contribution is 2.67. The molecule has 0 aromatic carbocycles. The van der Waals surface area contributed by atoms with Gasteiger partial charge >= 0.3 is 12.1 Å². The Bertz CT molecular complexity index is 1300. The van der Waals surface area contributed by atoms with Gasteiger partial charge in [0.15, 0.2) is 5.96 Å². The zero-order chi connectivity index (χ0) is 39.3. The van der Waals surface area contributed by atoms with Gasteiger partial charge in [-0.05, 0) is 111 Å². The summed E-state index contributed by atoms with van der Waals surface area (Å²) in [5, 5.41) is 0. The number of fused-ring (bicyclic) bond motifs is 5. The molecule has 12 nitrogen and oxygen atoms in total. The first-order valence-corrected chi connectivity index (χ1v) is 20.9. The molecule has 0 saturated heterocycles. The SMILES string of the molecule is CC(N)=NC(CCCN=C(N)N)C(=O)OCCOCCOCCOC(=O)OC1CCC2(C)C(=CCC3C2CCC2(C)C(C(C)CCCC(C)C)CCC32)C1. The minimum Gasteiger partial charge on any atom is -0.462 e. The van der Waals surface area contributed by atoms with Gasteiger partial charge in [0.05, 0.1) is 32.3 Å². The standard InChI is InChI=1S/C42H73N5O7/c1-28(2)9-7-10-29(3)34-14-15-35-33-13-12-31-27-32(16-18-41(31,5)36(33)17-19-42(34,35)6)54-40(49)53-26-24-51-22-21-50-23-25-52-38(48)37(47-30(4)43)11-8-20-46-39(44)45/h12,28-29,32-37H,7-11,13-27H2,1-6H3,(H2,43,47)(H4,44,45,46). The number of allylic oxidation sites excluding steroid dienone is 1. The predicted molar refractivity (Wildman–Crippen MR) is 213 cm³/mol. The lowest BCUT2D eigenvalue weighted by molar-refractivity contribution is -0.147. The molecule has 4 aliphatic rings. The molecule has 6 N–H and O–H groups in total. The third kappa shape index (κ3) is 12.1. The van der Waals surface area contributed by atoms with Crippen LogP contribution in [0.5, 0.6) is 0 Å². The number of carbonyl (C=O) groups is 2. The van der Waals surface area contributed by atoms with Crippen molar-refractivity contribution in [2.45, 2.75) is 137 Å². The van der Waals surface area contributed by atoms with E-state index >= 15 is 0 Å². The smallest absolute Gasteiger partial charge is 0.462 e. The lowest BCUT2D eigenvalue weighted by atomic mass is 9.47. The van der Waals surface area contributed by atoms with Crippen molar-refractivity contribution in [1.82, 2.24) is 0 Å². The van der Waals surface area contributed by atoms with E-state index in [-0.39, 0.29) is 43.9 Å². The lowest BCUT2D eigenvalue weighted by Gasteiger charge is -2.58. The molecule has 3 fully saturated rings. The van der Waals surface area contributed by atoms with E-state index < -0.39 is 18.2 Å². The van der Waals surface area contributed by atoms with Crippen molar-refractivity contribution >= 4 is 23.9 Å². The number of hydrogen-bond acceptors (Lipinski definition) is 9. The molecule has 0 aromatic heterocycles. The topological polar surface area (TPSA) is 183 Å². The number of esters is 1. The number of rotatable bonds is 21. The van der Waals surface area contributed by atoms with E-state index in [2.05, 4.69) is 50.7 Å². The van der Waals surface area contributed by atoms with E-state index in [1.807, 2.05) is 0 Å². The van der Waals surface area contributed by atoms with Crippen LogP contribution in [0.3, 0.4) is 0 Å².